The van der Waals surface area contributed by atoms with Crippen molar-refractivity contribution in [2.45, 2.75) is 25.2 Å². The average Bonchev–Trinajstić information content (AvgIpc) is 2.75. The molecule has 0 radical (unpaired) electrons. The Bertz CT molecular complexity index is 967. The summed E-state index contributed by atoms with van der Waals surface area (Å²) in [5, 5.41) is 13.2. The Morgan fingerprint density at radius 1 is 1.16 bits per heavy atom. The van der Waals surface area contributed by atoms with Gasteiger partial charge in [-0.3, -0.25) is 14.7 Å². The summed E-state index contributed by atoms with van der Waals surface area (Å²) in [6.07, 6.45) is -1.66. The largest absolute Gasteiger partial charge is 0.467 e. The molecular weight excluding hydrogens is 427 g/mol. The Labute approximate surface area is 178 Å². The molecule has 2 unspecified atom stereocenters. The first-order valence-corrected chi connectivity index (χ1v) is 11.3. The number of benzene rings is 2. The van der Waals surface area contributed by atoms with Crippen molar-refractivity contribution >= 4 is 25.1 Å². The maximum Gasteiger partial charge on any atom is 0.408 e. The lowest BCUT2D eigenvalue weighted by atomic mass is 10.2. The van der Waals surface area contributed by atoms with E-state index >= 15 is 0 Å². The van der Waals surface area contributed by atoms with E-state index in [0.29, 0.717) is 5.56 Å². The second-order valence-corrected chi connectivity index (χ2v) is 9.18. The monoisotopic (exact) mass is 450 g/mol. The van der Waals surface area contributed by atoms with Crippen LogP contribution in [0.3, 0.4) is 0 Å². The zero-order valence-corrected chi connectivity index (χ0v) is 17.7. The van der Waals surface area contributed by atoms with Crippen LogP contribution in [0.25, 0.3) is 0 Å². The molecular formula is C20H23N2O8P. The number of nitro groups is 1. The Morgan fingerprint density at radius 3 is 2.48 bits per heavy atom. The molecule has 0 aliphatic carbocycles. The number of esters is 1. The lowest BCUT2D eigenvalue weighted by molar-refractivity contribution is -0.384. The first kappa shape index (κ1) is 24.0. The van der Waals surface area contributed by atoms with Crippen LogP contribution in [0.1, 0.15) is 17.5 Å². The van der Waals surface area contributed by atoms with E-state index in [0.717, 1.165) is 12.7 Å². The van der Waals surface area contributed by atoms with E-state index in [1.165, 1.54) is 24.3 Å². The number of carbonyl (C=O) groups excluding carboxylic acids is 2. The summed E-state index contributed by atoms with van der Waals surface area (Å²) in [5.74, 6) is -0.785. The summed E-state index contributed by atoms with van der Waals surface area (Å²) in [7, 11) is -2.66. The van der Waals surface area contributed by atoms with Crippen LogP contribution >= 0.6 is 7.37 Å². The number of non-ortho nitro benzene ring substituents is 1. The number of nitrogens with zero attached hydrogens (tertiary/aromatic N) is 1. The van der Waals surface area contributed by atoms with Crippen molar-refractivity contribution < 1.29 is 33.4 Å². The highest BCUT2D eigenvalue weighted by molar-refractivity contribution is 7.57. The fourth-order valence-electron chi connectivity index (χ4n) is 2.76. The van der Waals surface area contributed by atoms with Gasteiger partial charge in [0.15, 0.2) is 0 Å². The first-order chi connectivity index (χ1) is 14.7. The zero-order valence-electron chi connectivity index (χ0n) is 16.8. The van der Waals surface area contributed by atoms with Gasteiger partial charge < -0.3 is 19.7 Å². The smallest absolute Gasteiger partial charge is 0.408 e. The molecule has 2 aromatic carbocycles. The van der Waals surface area contributed by atoms with Crippen LogP contribution < -0.4 is 5.32 Å². The highest BCUT2D eigenvalue weighted by Crippen LogP contribution is 2.45. The van der Waals surface area contributed by atoms with Gasteiger partial charge in [-0.2, -0.15) is 0 Å². The summed E-state index contributed by atoms with van der Waals surface area (Å²) in [6.45, 7) is -0.00809. The number of hydrogen-bond acceptors (Lipinski definition) is 7. The van der Waals surface area contributed by atoms with Crippen LogP contribution in [-0.4, -0.2) is 41.2 Å². The standard InChI is InChI=1S/C20H23N2O8P/c1-29-19(23)18(21-20(24)30-13-15-6-3-2-4-7-15)10-11-31(27,28)14-16-8-5-9-17(12-16)22(25)26/h2-9,12,18H,10-11,13-14H2,1H3,(H,21,24)(H,27,28). The van der Waals surface area contributed by atoms with E-state index in [2.05, 4.69) is 10.1 Å². The van der Waals surface area contributed by atoms with Crippen LogP contribution in [0, 0.1) is 10.1 Å². The molecule has 0 aliphatic rings. The minimum Gasteiger partial charge on any atom is -0.467 e. The number of amides is 1. The van der Waals surface area contributed by atoms with Gasteiger partial charge in [-0.05, 0) is 17.5 Å². The van der Waals surface area contributed by atoms with Crippen molar-refractivity contribution in [1.82, 2.24) is 5.32 Å². The number of nitro benzene ring substituents is 1. The number of hydrogen-bond donors (Lipinski definition) is 2. The molecule has 2 atom stereocenters. The summed E-state index contributed by atoms with van der Waals surface area (Å²) in [5.41, 5.74) is 0.890. The lowest BCUT2D eigenvalue weighted by Crippen LogP contribution is -2.42. The second-order valence-electron chi connectivity index (χ2n) is 6.73. The van der Waals surface area contributed by atoms with Crippen molar-refractivity contribution in [2.24, 2.45) is 0 Å². The van der Waals surface area contributed by atoms with Gasteiger partial charge >= 0.3 is 12.1 Å². The quantitative estimate of drug-likeness (QED) is 0.243. The van der Waals surface area contributed by atoms with Crippen LogP contribution in [0.5, 0.6) is 0 Å². The van der Waals surface area contributed by atoms with Gasteiger partial charge in [0, 0.05) is 24.5 Å². The third kappa shape index (κ3) is 8.19. The maximum absolute atomic E-state index is 12.6. The molecule has 0 spiro atoms. The van der Waals surface area contributed by atoms with Gasteiger partial charge in [0.25, 0.3) is 5.69 Å². The van der Waals surface area contributed by atoms with Crippen LogP contribution in [0.2, 0.25) is 0 Å². The van der Waals surface area contributed by atoms with Gasteiger partial charge in [-0.15, -0.1) is 0 Å². The highest BCUT2D eigenvalue weighted by Gasteiger charge is 2.27. The van der Waals surface area contributed by atoms with Crippen molar-refractivity contribution in [3.05, 3.63) is 75.8 Å². The lowest BCUT2D eigenvalue weighted by Gasteiger charge is -2.18. The number of ether oxygens (including phenoxy) is 2. The molecule has 166 valence electrons. The summed E-state index contributed by atoms with van der Waals surface area (Å²) >= 11 is 0. The van der Waals surface area contributed by atoms with Gasteiger partial charge in [0.2, 0.25) is 7.37 Å². The molecule has 0 aliphatic heterocycles. The Morgan fingerprint density at radius 2 is 1.84 bits per heavy atom. The molecule has 10 nitrogen and oxygen atoms in total. The predicted molar refractivity (Wildman–Crippen MR) is 112 cm³/mol. The number of rotatable bonds is 10. The molecule has 11 heteroatoms. The molecule has 0 saturated carbocycles. The average molecular weight is 450 g/mol. The molecule has 2 rings (SSSR count). The minimum absolute atomic E-state index is 0.00809. The molecule has 2 aromatic rings. The molecule has 0 bridgehead atoms. The Balaban J connectivity index is 1.94. The van der Waals surface area contributed by atoms with E-state index in [-0.39, 0.29) is 31.0 Å². The molecule has 0 aromatic heterocycles. The minimum atomic E-state index is -3.80. The van der Waals surface area contributed by atoms with Crippen molar-refractivity contribution in [3.8, 4) is 0 Å². The number of methoxy groups -OCH3 is 1. The number of carbonyl (C=O) groups is 2. The van der Waals surface area contributed by atoms with E-state index in [1.807, 2.05) is 6.07 Å². The van der Waals surface area contributed by atoms with Crippen LogP contribution in [-0.2, 0) is 31.6 Å². The molecule has 1 amide bonds. The second kappa shape index (κ2) is 11.2. The first-order valence-electron chi connectivity index (χ1n) is 9.29. The van der Waals surface area contributed by atoms with Gasteiger partial charge in [0.05, 0.1) is 12.0 Å². The van der Waals surface area contributed by atoms with Gasteiger partial charge in [0.1, 0.15) is 12.6 Å². The Kier molecular flexibility index (Phi) is 8.72. The van der Waals surface area contributed by atoms with Crippen LogP contribution in [0.4, 0.5) is 10.5 Å². The van der Waals surface area contributed by atoms with E-state index in [9.17, 15) is 29.2 Å². The topological polar surface area (TPSA) is 145 Å². The highest BCUT2D eigenvalue weighted by atomic mass is 31.2. The van der Waals surface area contributed by atoms with E-state index in [4.69, 9.17) is 4.74 Å². The van der Waals surface area contributed by atoms with Crippen molar-refractivity contribution in [2.75, 3.05) is 13.3 Å². The summed E-state index contributed by atoms with van der Waals surface area (Å²) in [4.78, 5) is 44.5. The fourth-order valence-corrected chi connectivity index (χ4v) is 4.35. The third-order valence-electron chi connectivity index (χ3n) is 4.31. The normalized spacial score (nSPS) is 13.5. The van der Waals surface area contributed by atoms with Gasteiger partial charge in [-0.25, -0.2) is 9.59 Å². The number of nitrogens with one attached hydrogen (secondary N) is 1. The van der Waals surface area contributed by atoms with Crippen molar-refractivity contribution in [1.29, 1.82) is 0 Å². The SMILES string of the molecule is COC(=O)C(CCP(=O)(O)Cc1cccc([N+](=O)[O-])c1)NC(=O)OCc1ccccc1. The van der Waals surface area contributed by atoms with E-state index < -0.39 is 30.4 Å². The molecule has 2 N–H and O–H groups in total. The number of alkyl carbamates (subject to hydrolysis) is 1. The van der Waals surface area contributed by atoms with Crippen LogP contribution in [0.15, 0.2) is 54.6 Å². The Hall–Kier alpha value is -3.23. The zero-order chi connectivity index (χ0) is 22.9. The molecule has 0 fully saturated rings. The summed E-state index contributed by atoms with van der Waals surface area (Å²) < 4.78 is 22.3. The molecule has 31 heavy (non-hydrogen) atoms. The van der Waals surface area contributed by atoms with E-state index in [1.54, 1.807) is 24.3 Å². The predicted octanol–water partition coefficient (Wildman–Crippen LogP) is 3.22. The maximum atomic E-state index is 12.6. The summed E-state index contributed by atoms with van der Waals surface area (Å²) in [6, 6.07) is 13.2. The molecule has 0 heterocycles. The molecule has 0 saturated heterocycles. The third-order valence-corrected chi connectivity index (χ3v) is 6.13. The van der Waals surface area contributed by atoms with Gasteiger partial charge in [-0.1, -0.05) is 42.5 Å². The fraction of sp³-hybridized carbons (Fsp3) is 0.300. The van der Waals surface area contributed by atoms with Crippen molar-refractivity contribution in [3.63, 3.8) is 0 Å².